The fraction of sp³-hybridized carbons (Fsp3) is 0.542. The molecule has 2 aliphatic rings. The number of amides is 1. The zero-order valence-electron chi connectivity index (χ0n) is 17.3. The van der Waals surface area contributed by atoms with Gasteiger partial charge in [-0.25, -0.2) is 4.79 Å². The topological polar surface area (TPSA) is 63.7 Å². The van der Waals surface area contributed by atoms with Crippen molar-refractivity contribution in [2.45, 2.75) is 63.8 Å². The SMILES string of the molecule is COC(=O)c1ccc(CCN2C(=O)CC[C@@H]2/C=C/C(=O)CC2CCCCC2)cc1. The van der Waals surface area contributed by atoms with Gasteiger partial charge in [0, 0.05) is 19.4 Å². The Balaban J connectivity index is 1.51. The van der Waals surface area contributed by atoms with E-state index in [1.165, 1.54) is 39.2 Å². The van der Waals surface area contributed by atoms with Gasteiger partial charge >= 0.3 is 5.97 Å². The minimum Gasteiger partial charge on any atom is -0.465 e. The van der Waals surface area contributed by atoms with E-state index in [1.54, 1.807) is 18.2 Å². The number of esters is 1. The third-order valence-electron chi connectivity index (χ3n) is 6.11. The molecule has 1 amide bonds. The number of nitrogens with zero attached hydrogens (tertiary/aromatic N) is 1. The molecule has 1 aliphatic carbocycles. The van der Waals surface area contributed by atoms with Crippen molar-refractivity contribution in [2.24, 2.45) is 5.92 Å². The Morgan fingerprint density at radius 1 is 1.10 bits per heavy atom. The highest BCUT2D eigenvalue weighted by Gasteiger charge is 2.28. The number of benzene rings is 1. The van der Waals surface area contributed by atoms with Crippen molar-refractivity contribution in [3.63, 3.8) is 0 Å². The highest BCUT2D eigenvalue weighted by atomic mass is 16.5. The second-order valence-electron chi connectivity index (χ2n) is 8.17. The summed E-state index contributed by atoms with van der Waals surface area (Å²) in [5.41, 5.74) is 1.58. The number of ether oxygens (including phenoxy) is 1. The van der Waals surface area contributed by atoms with Crippen LogP contribution in [0.2, 0.25) is 0 Å². The fourth-order valence-electron chi connectivity index (χ4n) is 4.38. The molecule has 5 heteroatoms. The lowest BCUT2D eigenvalue weighted by atomic mass is 9.86. The average molecular weight is 398 g/mol. The Bertz CT molecular complexity index is 747. The van der Waals surface area contributed by atoms with E-state index in [-0.39, 0.29) is 23.7 Å². The smallest absolute Gasteiger partial charge is 0.337 e. The van der Waals surface area contributed by atoms with E-state index < -0.39 is 0 Å². The van der Waals surface area contributed by atoms with Gasteiger partial charge in [-0.2, -0.15) is 0 Å². The second-order valence-corrected chi connectivity index (χ2v) is 8.17. The summed E-state index contributed by atoms with van der Waals surface area (Å²) < 4.78 is 4.71. The van der Waals surface area contributed by atoms with Crippen LogP contribution in [-0.2, 0) is 20.7 Å². The van der Waals surface area contributed by atoms with Crippen molar-refractivity contribution >= 4 is 17.7 Å². The molecule has 0 radical (unpaired) electrons. The lowest BCUT2D eigenvalue weighted by Crippen LogP contribution is -2.33. The maximum Gasteiger partial charge on any atom is 0.337 e. The maximum absolute atomic E-state index is 12.3. The van der Waals surface area contributed by atoms with Crippen molar-refractivity contribution in [3.8, 4) is 0 Å². The van der Waals surface area contributed by atoms with Gasteiger partial charge in [-0.15, -0.1) is 0 Å². The number of carbonyl (C=O) groups is 3. The van der Waals surface area contributed by atoms with E-state index in [1.807, 2.05) is 23.1 Å². The van der Waals surface area contributed by atoms with E-state index in [4.69, 9.17) is 4.74 Å². The number of hydrogen-bond acceptors (Lipinski definition) is 4. The minimum atomic E-state index is -0.352. The van der Waals surface area contributed by atoms with Crippen LogP contribution in [0.25, 0.3) is 0 Å². The highest BCUT2D eigenvalue weighted by Crippen LogP contribution is 2.27. The summed E-state index contributed by atoms with van der Waals surface area (Å²) in [5, 5.41) is 0. The van der Waals surface area contributed by atoms with Crippen LogP contribution in [0.4, 0.5) is 0 Å². The first-order valence-corrected chi connectivity index (χ1v) is 10.7. The number of methoxy groups -OCH3 is 1. The predicted molar refractivity (Wildman–Crippen MR) is 112 cm³/mol. The van der Waals surface area contributed by atoms with Crippen LogP contribution in [0.3, 0.4) is 0 Å². The summed E-state index contributed by atoms with van der Waals surface area (Å²) in [6, 6.07) is 7.28. The normalized spacial score (nSPS) is 20.4. The molecular weight excluding hydrogens is 366 g/mol. The Labute approximate surface area is 173 Å². The van der Waals surface area contributed by atoms with E-state index >= 15 is 0 Å². The van der Waals surface area contributed by atoms with Crippen molar-refractivity contribution in [2.75, 3.05) is 13.7 Å². The van der Waals surface area contributed by atoms with Crippen molar-refractivity contribution in [1.82, 2.24) is 4.90 Å². The van der Waals surface area contributed by atoms with Gasteiger partial charge in [0.15, 0.2) is 5.78 Å². The summed E-state index contributed by atoms with van der Waals surface area (Å²) in [6.45, 7) is 0.613. The van der Waals surface area contributed by atoms with E-state index in [2.05, 4.69) is 0 Å². The summed E-state index contributed by atoms with van der Waals surface area (Å²) in [4.78, 5) is 38.0. The number of likely N-dealkylation sites (tertiary alicyclic amines) is 1. The lowest BCUT2D eigenvalue weighted by molar-refractivity contribution is -0.128. The van der Waals surface area contributed by atoms with Gasteiger partial charge in [-0.05, 0) is 42.5 Å². The highest BCUT2D eigenvalue weighted by molar-refractivity contribution is 5.90. The third-order valence-corrected chi connectivity index (χ3v) is 6.11. The molecule has 156 valence electrons. The number of rotatable bonds is 8. The van der Waals surface area contributed by atoms with E-state index in [0.717, 1.165) is 12.0 Å². The van der Waals surface area contributed by atoms with Gasteiger partial charge in [-0.3, -0.25) is 9.59 Å². The predicted octanol–water partition coefficient (Wildman–Crippen LogP) is 4.10. The van der Waals surface area contributed by atoms with Gasteiger partial charge in [0.25, 0.3) is 0 Å². The molecule has 1 heterocycles. The van der Waals surface area contributed by atoms with Crippen LogP contribution >= 0.6 is 0 Å². The van der Waals surface area contributed by atoms with E-state index in [9.17, 15) is 14.4 Å². The Morgan fingerprint density at radius 3 is 2.52 bits per heavy atom. The van der Waals surface area contributed by atoms with Crippen molar-refractivity contribution in [1.29, 1.82) is 0 Å². The lowest BCUT2D eigenvalue weighted by Gasteiger charge is -2.23. The standard InChI is InChI=1S/C24H31NO4/c1-29-24(28)20-9-7-18(8-10-20)15-16-25-21(12-14-23(25)27)11-13-22(26)17-19-5-3-2-4-6-19/h7-11,13,19,21H,2-6,12,14-17H2,1H3/b13-11+/t21-/m0/s1. The van der Waals surface area contributed by atoms with E-state index in [0.29, 0.717) is 37.3 Å². The molecule has 1 aromatic carbocycles. The summed E-state index contributed by atoms with van der Waals surface area (Å²) >= 11 is 0. The molecule has 2 fully saturated rings. The van der Waals surface area contributed by atoms with Crippen LogP contribution in [0, 0.1) is 5.92 Å². The molecule has 0 aromatic heterocycles. The molecule has 0 bridgehead atoms. The third kappa shape index (κ3) is 6.02. The summed E-state index contributed by atoms with van der Waals surface area (Å²) in [7, 11) is 1.36. The zero-order valence-corrected chi connectivity index (χ0v) is 17.3. The molecule has 3 rings (SSSR count). The molecule has 0 unspecified atom stereocenters. The Hall–Kier alpha value is -2.43. The molecule has 0 spiro atoms. The summed E-state index contributed by atoms with van der Waals surface area (Å²) in [6.07, 6.45) is 12.4. The van der Waals surface area contributed by atoms with Crippen LogP contribution in [0.15, 0.2) is 36.4 Å². The summed E-state index contributed by atoms with van der Waals surface area (Å²) in [5.74, 6) is 0.518. The fourth-order valence-corrected chi connectivity index (χ4v) is 4.38. The Kier molecular flexibility index (Phi) is 7.62. The van der Waals surface area contributed by atoms with Crippen LogP contribution < -0.4 is 0 Å². The Morgan fingerprint density at radius 2 is 1.83 bits per heavy atom. The molecule has 1 aliphatic heterocycles. The monoisotopic (exact) mass is 397 g/mol. The first-order valence-electron chi connectivity index (χ1n) is 10.7. The van der Waals surface area contributed by atoms with Gasteiger partial charge < -0.3 is 9.64 Å². The second kappa shape index (κ2) is 10.4. The van der Waals surface area contributed by atoms with Gasteiger partial charge in [0.2, 0.25) is 5.91 Å². The number of allylic oxidation sites excluding steroid dienone is 1. The minimum absolute atomic E-state index is 0.00662. The molecule has 1 saturated heterocycles. The van der Waals surface area contributed by atoms with Crippen molar-refractivity contribution < 1.29 is 19.1 Å². The number of hydrogen-bond donors (Lipinski definition) is 0. The van der Waals surface area contributed by atoms with Gasteiger partial charge in [-0.1, -0.05) is 50.3 Å². The molecule has 1 saturated carbocycles. The first-order chi connectivity index (χ1) is 14.1. The van der Waals surface area contributed by atoms with Gasteiger partial charge in [0.1, 0.15) is 0 Å². The maximum atomic E-state index is 12.3. The molecule has 29 heavy (non-hydrogen) atoms. The molecule has 1 atom stereocenters. The molecule has 5 nitrogen and oxygen atoms in total. The molecule has 0 N–H and O–H groups in total. The van der Waals surface area contributed by atoms with Crippen molar-refractivity contribution in [3.05, 3.63) is 47.5 Å². The number of carbonyl (C=O) groups excluding carboxylic acids is 3. The van der Waals surface area contributed by atoms with Crippen LogP contribution in [0.5, 0.6) is 0 Å². The molecule has 1 aromatic rings. The largest absolute Gasteiger partial charge is 0.465 e. The number of ketones is 1. The van der Waals surface area contributed by atoms with Gasteiger partial charge in [0.05, 0.1) is 18.7 Å². The average Bonchev–Trinajstić information content (AvgIpc) is 3.10. The zero-order chi connectivity index (χ0) is 20.6. The quantitative estimate of drug-likeness (QED) is 0.489. The van der Waals surface area contributed by atoms with Crippen LogP contribution in [0.1, 0.15) is 67.3 Å². The molecular formula is C24H31NO4. The first kappa shape index (κ1) is 21.3. The van der Waals surface area contributed by atoms with Crippen LogP contribution in [-0.4, -0.2) is 42.3 Å².